The lowest BCUT2D eigenvalue weighted by molar-refractivity contribution is 0.0697. The van der Waals surface area contributed by atoms with Crippen molar-refractivity contribution in [3.63, 3.8) is 0 Å². The summed E-state index contributed by atoms with van der Waals surface area (Å²) in [5.74, 6) is 0.937. The second-order valence-corrected chi connectivity index (χ2v) is 8.90. The maximum Gasteiger partial charge on any atom is 0.253 e. The highest BCUT2D eigenvalue weighted by atomic mass is 16.2. The summed E-state index contributed by atoms with van der Waals surface area (Å²) in [4.78, 5) is 17.7. The highest BCUT2D eigenvalue weighted by Gasteiger charge is 2.33. The van der Waals surface area contributed by atoms with Crippen LogP contribution in [0.1, 0.15) is 67.8 Å². The summed E-state index contributed by atoms with van der Waals surface area (Å²) in [5, 5.41) is 4.89. The van der Waals surface area contributed by atoms with E-state index in [1.165, 1.54) is 42.5 Å². The van der Waals surface area contributed by atoms with Crippen molar-refractivity contribution in [1.82, 2.24) is 15.1 Å². The zero-order valence-corrected chi connectivity index (χ0v) is 16.4. The molecule has 0 unspecified atom stereocenters. The van der Waals surface area contributed by atoms with E-state index in [1.54, 1.807) is 0 Å². The van der Waals surface area contributed by atoms with Gasteiger partial charge in [-0.2, -0.15) is 0 Å². The van der Waals surface area contributed by atoms with Crippen molar-refractivity contribution in [2.24, 2.45) is 5.92 Å². The first-order valence-electron chi connectivity index (χ1n) is 10.8. The zero-order chi connectivity index (χ0) is 18.4. The number of hydrogen-bond donors (Lipinski definition) is 0. The molecule has 3 aliphatic heterocycles. The Hall–Kier alpha value is -1.81. The van der Waals surface area contributed by atoms with E-state index in [-0.39, 0.29) is 5.91 Å². The molecule has 0 spiro atoms. The van der Waals surface area contributed by atoms with Gasteiger partial charge in [-0.1, -0.05) is 19.8 Å². The SMILES string of the molecule is CC1CCN(C(=O)c2ccc3c(c2)C2=C(CCN(C4CCCC4)C2)[N]3)CC1. The van der Waals surface area contributed by atoms with Gasteiger partial charge in [0.15, 0.2) is 0 Å². The van der Waals surface area contributed by atoms with E-state index >= 15 is 0 Å². The lowest BCUT2D eigenvalue weighted by atomic mass is 9.96. The zero-order valence-electron chi connectivity index (χ0n) is 16.4. The molecule has 1 saturated heterocycles. The molecule has 3 heterocycles. The maximum absolute atomic E-state index is 13.0. The number of hydrogen-bond acceptors (Lipinski definition) is 2. The number of benzene rings is 1. The second-order valence-electron chi connectivity index (χ2n) is 8.90. The normalized spacial score (nSPS) is 24.1. The van der Waals surface area contributed by atoms with E-state index in [0.29, 0.717) is 0 Å². The highest BCUT2D eigenvalue weighted by Crippen LogP contribution is 2.41. The number of carbonyl (C=O) groups excluding carboxylic acids is 1. The van der Waals surface area contributed by atoms with Crippen LogP contribution >= 0.6 is 0 Å². The Kier molecular flexibility index (Phi) is 4.47. The highest BCUT2D eigenvalue weighted by molar-refractivity contribution is 5.97. The average Bonchev–Trinajstić information content (AvgIpc) is 3.35. The van der Waals surface area contributed by atoms with Crippen molar-refractivity contribution in [1.29, 1.82) is 0 Å². The third-order valence-corrected chi connectivity index (χ3v) is 7.08. The number of amides is 1. The van der Waals surface area contributed by atoms with Gasteiger partial charge in [0.2, 0.25) is 0 Å². The largest absolute Gasteiger partial charge is 0.339 e. The van der Waals surface area contributed by atoms with Crippen LogP contribution in [0.5, 0.6) is 0 Å². The number of fused-ring (bicyclic) bond motifs is 2. The standard InChI is InChI=1S/C23H30N3O/c1-16-8-11-25(12-9-16)23(27)17-6-7-21-19(14-17)20-15-26(13-10-22(20)24-21)18-4-2-3-5-18/h6-7,14,16,18H,2-5,8-13,15H2,1H3. The molecule has 1 amide bonds. The minimum atomic E-state index is 0.196. The lowest BCUT2D eigenvalue weighted by Crippen LogP contribution is -2.38. The van der Waals surface area contributed by atoms with Crippen molar-refractivity contribution in [3.05, 3.63) is 35.0 Å². The summed E-state index contributed by atoms with van der Waals surface area (Å²) < 4.78 is 0. The molecule has 1 aliphatic carbocycles. The van der Waals surface area contributed by atoms with Crippen LogP contribution in [0, 0.1) is 5.92 Å². The van der Waals surface area contributed by atoms with Crippen LogP contribution in [0.15, 0.2) is 23.9 Å². The van der Waals surface area contributed by atoms with Gasteiger partial charge >= 0.3 is 0 Å². The van der Waals surface area contributed by atoms with E-state index in [2.05, 4.69) is 24.0 Å². The van der Waals surface area contributed by atoms with Gasteiger partial charge < -0.3 is 4.90 Å². The number of rotatable bonds is 2. The molecule has 0 aromatic heterocycles. The Morgan fingerprint density at radius 1 is 1.07 bits per heavy atom. The smallest absolute Gasteiger partial charge is 0.253 e. The molecule has 1 aromatic rings. The van der Waals surface area contributed by atoms with Gasteiger partial charge in [-0.15, -0.1) is 0 Å². The van der Waals surface area contributed by atoms with Crippen LogP contribution in [0.3, 0.4) is 0 Å². The fourth-order valence-corrected chi connectivity index (χ4v) is 5.27. The Labute approximate surface area is 162 Å². The second kappa shape index (κ2) is 6.97. The predicted molar refractivity (Wildman–Crippen MR) is 108 cm³/mol. The van der Waals surface area contributed by atoms with Crippen molar-refractivity contribution in [3.8, 4) is 0 Å². The van der Waals surface area contributed by atoms with Gasteiger partial charge in [0.25, 0.3) is 5.91 Å². The minimum absolute atomic E-state index is 0.196. The topological polar surface area (TPSA) is 37.7 Å². The Morgan fingerprint density at radius 2 is 1.85 bits per heavy atom. The molecule has 0 bridgehead atoms. The Bertz CT molecular complexity index is 770. The maximum atomic E-state index is 13.0. The Balaban J connectivity index is 1.37. The molecule has 143 valence electrons. The van der Waals surface area contributed by atoms with Crippen LogP contribution in [0.25, 0.3) is 5.57 Å². The number of carbonyl (C=O) groups is 1. The summed E-state index contributed by atoms with van der Waals surface area (Å²) in [6.45, 7) is 6.22. The summed E-state index contributed by atoms with van der Waals surface area (Å²) in [6, 6.07) is 6.92. The molecule has 4 aliphatic rings. The number of piperidine rings is 1. The van der Waals surface area contributed by atoms with Crippen LogP contribution in [-0.4, -0.2) is 47.9 Å². The van der Waals surface area contributed by atoms with Gasteiger partial charge in [-0.25, -0.2) is 0 Å². The van der Waals surface area contributed by atoms with Crippen molar-refractivity contribution >= 4 is 17.2 Å². The van der Waals surface area contributed by atoms with E-state index < -0.39 is 0 Å². The molecule has 1 saturated carbocycles. The molecule has 27 heavy (non-hydrogen) atoms. The van der Waals surface area contributed by atoms with Crippen LogP contribution in [0.2, 0.25) is 0 Å². The monoisotopic (exact) mass is 364 g/mol. The van der Waals surface area contributed by atoms with Crippen LogP contribution < -0.4 is 5.32 Å². The van der Waals surface area contributed by atoms with E-state index in [0.717, 1.165) is 68.7 Å². The fraction of sp³-hybridized carbons (Fsp3) is 0.609. The molecule has 4 nitrogen and oxygen atoms in total. The molecule has 2 fully saturated rings. The molecular weight excluding hydrogens is 334 g/mol. The van der Waals surface area contributed by atoms with Crippen molar-refractivity contribution in [2.75, 3.05) is 26.2 Å². The first-order valence-corrected chi connectivity index (χ1v) is 10.8. The summed E-state index contributed by atoms with van der Waals surface area (Å²) in [7, 11) is 0. The van der Waals surface area contributed by atoms with Gasteiger partial charge in [-0.05, 0) is 55.4 Å². The van der Waals surface area contributed by atoms with Crippen LogP contribution in [-0.2, 0) is 0 Å². The summed E-state index contributed by atoms with van der Waals surface area (Å²) in [5.41, 5.74) is 5.76. The average molecular weight is 365 g/mol. The molecule has 0 N–H and O–H groups in total. The third-order valence-electron chi connectivity index (χ3n) is 7.08. The summed E-state index contributed by atoms with van der Waals surface area (Å²) in [6.07, 6.45) is 8.74. The molecule has 0 atom stereocenters. The quantitative estimate of drug-likeness (QED) is 0.790. The predicted octanol–water partition coefficient (Wildman–Crippen LogP) is 4.17. The molecule has 4 heteroatoms. The van der Waals surface area contributed by atoms with Crippen molar-refractivity contribution < 1.29 is 4.79 Å². The molecular formula is C23H30N3O. The van der Waals surface area contributed by atoms with Gasteiger partial charge in [0.05, 0.1) is 5.69 Å². The van der Waals surface area contributed by atoms with E-state index in [1.807, 2.05) is 11.0 Å². The van der Waals surface area contributed by atoms with Gasteiger partial charge in [0, 0.05) is 55.5 Å². The lowest BCUT2D eigenvalue weighted by Gasteiger charge is -2.33. The van der Waals surface area contributed by atoms with Gasteiger partial charge in [-0.3, -0.25) is 15.0 Å². The number of likely N-dealkylation sites (tertiary alicyclic amines) is 1. The third kappa shape index (κ3) is 3.18. The Morgan fingerprint density at radius 3 is 2.63 bits per heavy atom. The van der Waals surface area contributed by atoms with Gasteiger partial charge in [0.1, 0.15) is 0 Å². The minimum Gasteiger partial charge on any atom is -0.339 e. The van der Waals surface area contributed by atoms with E-state index in [4.69, 9.17) is 5.32 Å². The van der Waals surface area contributed by atoms with Crippen molar-refractivity contribution in [2.45, 2.75) is 57.9 Å². The molecule has 1 aromatic carbocycles. The first-order chi connectivity index (χ1) is 13.2. The fourth-order valence-electron chi connectivity index (χ4n) is 5.27. The number of nitrogens with zero attached hydrogens (tertiary/aromatic N) is 3. The first kappa shape index (κ1) is 17.3. The van der Waals surface area contributed by atoms with Crippen LogP contribution in [0.4, 0.5) is 5.69 Å². The van der Waals surface area contributed by atoms with E-state index in [9.17, 15) is 4.79 Å². The molecule has 1 radical (unpaired) electrons. The molecule has 5 rings (SSSR count). The summed E-state index contributed by atoms with van der Waals surface area (Å²) >= 11 is 0.